The van der Waals surface area contributed by atoms with Crippen LogP contribution >= 0.6 is 0 Å². The van der Waals surface area contributed by atoms with Crippen molar-refractivity contribution in [2.24, 2.45) is 0 Å². The van der Waals surface area contributed by atoms with E-state index in [1.807, 2.05) is 0 Å². The first-order valence-corrected chi connectivity index (χ1v) is 8.22. The Morgan fingerprint density at radius 3 is 3.10 bits per heavy atom. The van der Waals surface area contributed by atoms with Crippen LogP contribution in [0.25, 0.3) is 0 Å². The topological polar surface area (TPSA) is 18.5 Å². The molecule has 0 amide bonds. The molecule has 0 bridgehead atoms. The second-order valence-corrected chi connectivity index (χ2v) is 6.47. The number of nitrogens with zero attached hydrogens (tertiary/aromatic N) is 2. The maximum absolute atomic E-state index is 3.49. The van der Waals surface area contributed by atoms with Gasteiger partial charge in [0.1, 0.15) is 0 Å². The van der Waals surface area contributed by atoms with Crippen LogP contribution in [0.3, 0.4) is 0 Å². The van der Waals surface area contributed by atoms with Crippen molar-refractivity contribution in [2.45, 2.75) is 38.3 Å². The van der Waals surface area contributed by atoms with E-state index in [1.165, 1.54) is 63.1 Å². The molecule has 0 aliphatic carbocycles. The lowest BCUT2D eigenvalue weighted by Crippen LogP contribution is -2.55. The molecule has 3 heteroatoms. The predicted molar refractivity (Wildman–Crippen MR) is 83.3 cm³/mol. The van der Waals surface area contributed by atoms with Crippen molar-refractivity contribution in [3.63, 3.8) is 0 Å². The fourth-order valence-electron chi connectivity index (χ4n) is 4.18. The van der Waals surface area contributed by atoms with E-state index in [-0.39, 0.29) is 0 Å². The molecule has 0 aromatic heterocycles. The normalized spacial score (nSPS) is 27.0. The van der Waals surface area contributed by atoms with E-state index in [2.05, 4.69) is 33.3 Å². The van der Waals surface area contributed by atoms with Gasteiger partial charge in [-0.2, -0.15) is 0 Å². The summed E-state index contributed by atoms with van der Waals surface area (Å²) in [6, 6.07) is 7.69. The summed E-state index contributed by atoms with van der Waals surface area (Å²) in [4.78, 5) is 5.38. The molecule has 108 valence electrons. The third kappa shape index (κ3) is 2.23. The third-order valence-corrected chi connectivity index (χ3v) is 5.29. The minimum atomic E-state index is 0.801. The molecule has 0 saturated carbocycles. The van der Waals surface area contributed by atoms with Crippen LogP contribution in [0.15, 0.2) is 18.2 Å². The van der Waals surface area contributed by atoms with E-state index in [0.29, 0.717) is 0 Å². The number of nitrogens with one attached hydrogen (secondary N) is 1. The summed E-state index contributed by atoms with van der Waals surface area (Å²) in [5.41, 5.74) is 4.64. The molecule has 0 radical (unpaired) electrons. The quantitative estimate of drug-likeness (QED) is 0.843. The van der Waals surface area contributed by atoms with Crippen LogP contribution < -0.4 is 10.2 Å². The van der Waals surface area contributed by atoms with Crippen LogP contribution in [-0.2, 0) is 13.0 Å². The molecule has 4 rings (SSSR count). The summed E-state index contributed by atoms with van der Waals surface area (Å²) < 4.78 is 0. The molecule has 3 heterocycles. The third-order valence-electron chi connectivity index (χ3n) is 5.29. The number of anilines is 1. The highest BCUT2D eigenvalue weighted by Crippen LogP contribution is 2.30. The lowest BCUT2D eigenvalue weighted by atomic mass is 9.95. The zero-order chi connectivity index (χ0) is 13.4. The van der Waals surface area contributed by atoms with Crippen LogP contribution in [0.4, 0.5) is 5.69 Å². The van der Waals surface area contributed by atoms with Crippen molar-refractivity contribution in [1.82, 2.24) is 10.2 Å². The number of piperazine rings is 1. The molecule has 0 spiro atoms. The molecule has 20 heavy (non-hydrogen) atoms. The van der Waals surface area contributed by atoms with Gasteiger partial charge in [-0.15, -0.1) is 0 Å². The highest BCUT2D eigenvalue weighted by atomic mass is 15.3. The van der Waals surface area contributed by atoms with Crippen molar-refractivity contribution < 1.29 is 0 Å². The molecule has 1 aromatic rings. The zero-order valence-corrected chi connectivity index (χ0v) is 12.3. The Kier molecular flexibility index (Phi) is 3.41. The van der Waals surface area contributed by atoms with Crippen LogP contribution in [-0.4, -0.2) is 43.7 Å². The number of piperidine rings is 1. The van der Waals surface area contributed by atoms with Gasteiger partial charge in [0.05, 0.1) is 0 Å². The van der Waals surface area contributed by atoms with Crippen LogP contribution in [0.2, 0.25) is 0 Å². The largest absolute Gasteiger partial charge is 0.368 e. The van der Waals surface area contributed by atoms with Crippen molar-refractivity contribution in [3.8, 4) is 0 Å². The van der Waals surface area contributed by atoms with E-state index in [0.717, 1.165) is 19.1 Å². The van der Waals surface area contributed by atoms with Gasteiger partial charge in [0.2, 0.25) is 0 Å². The highest BCUT2D eigenvalue weighted by molar-refractivity contribution is 5.58. The van der Waals surface area contributed by atoms with Gasteiger partial charge in [-0.25, -0.2) is 0 Å². The van der Waals surface area contributed by atoms with Crippen molar-refractivity contribution >= 4 is 5.69 Å². The van der Waals surface area contributed by atoms with E-state index in [1.54, 1.807) is 5.56 Å². The van der Waals surface area contributed by atoms with Gasteiger partial charge >= 0.3 is 0 Å². The molecule has 1 aromatic carbocycles. The standard InChI is InChI=1S/C17H25N3/c1-2-9-19-10-11-20(13-15(19)5-1)17-6-3-4-14-12-18-8-7-16(14)17/h3-4,6,15,18H,1-2,5,7-13H2. The van der Waals surface area contributed by atoms with E-state index < -0.39 is 0 Å². The Labute approximate surface area is 121 Å². The van der Waals surface area contributed by atoms with Gasteiger partial charge in [0.25, 0.3) is 0 Å². The van der Waals surface area contributed by atoms with E-state index in [4.69, 9.17) is 0 Å². The lowest BCUT2D eigenvalue weighted by molar-refractivity contribution is 0.133. The summed E-state index contributed by atoms with van der Waals surface area (Å²) in [6.07, 6.45) is 5.41. The number of benzene rings is 1. The molecular formula is C17H25N3. The van der Waals surface area contributed by atoms with E-state index >= 15 is 0 Å². The Hall–Kier alpha value is -1.06. The number of hydrogen-bond donors (Lipinski definition) is 1. The first-order chi connectivity index (χ1) is 9.92. The summed E-state index contributed by atoms with van der Waals surface area (Å²) in [5, 5.41) is 3.49. The molecule has 3 aliphatic rings. The van der Waals surface area contributed by atoms with Crippen molar-refractivity contribution in [1.29, 1.82) is 0 Å². The van der Waals surface area contributed by atoms with Crippen LogP contribution in [0.5, 0.6) is 0 Å². The first-order valence-electron chi connectivity index (χ1n) is 8.22. The Balaban J connectivity index is 1.58. The summed E-state index contributed by atoms with van der Waals surface area (Å²) >= 11 is 0. The smallest absolute Gasteiger partial charge is 0.0403 e. The highest BCUT2D eigenvalue weighted by Gasteiger charge is 2.30. The molecule has 2 saturated heterocycles. The van der Waals surface area contributed by atoms with Crippen molar-refractivity contribution in [2.75, 3.05) is 37.6 Å². The van der Waals surface area contributed by atoms with Gasteiger partial charge < -0.3 is 10.2 Å². The maximum Gasteiger partial charge on any atom is 0.0403 e. The fraction of sp³-hybridized carbons (Fsp3) is 0.647. The van der Waals surface area contributed by atoms with Gasteiger partial charge in [0, 0.05) is 37.9 Å². The first kappa shape index (κ1) is 12.7. The van der Waals surface area contributed by atoms with Gasteiger partial charge in [-0.1, -0.05) is 18.6 Å². The summed E-state index contributed by atoms with van der Waals surface area (Å²) in [5.74, 6) is 0. The van der Waals surface area contributed by atoms with Crippen molar-refractivity contribution in [3.05, 3.63) is 29.3 Å². The predicted octanol–water partition coefficient (Wildman–Crippen LogP) is 2.01. The van der Waals surface area contributed by atoms with Gasteiger partial charge in [0.15, 0.2) is 0 Å². The average Bonchev–Trinajstić information content (AvgIpc) is 2.54. The zero-order valence-electron chi connectivity index (χ0n) is 12.3. The minimum absolute atomic E-state index is 0.801. The summed E-state index contributed by atoms with van der Waals surface area (Å²) in [7, 11) is 0. The lowest BCUT2D eigenvalue weighted by Gasteiger charge is -2.45. The Morgan fingerprint density at radius 1 is 1.10 bits per heavy atom. The molecule has 2 fully saturated rings. The number of fused-ring (bicyclic) bond motifs is 2. The second kappa shape index (κ2) is 5.38. The summed E-state index contributed by atoms with van der Waals surface area (Å²) in [6.45, 7) is 7.21. The number of hydrogen-bond acceptors (Lipinski definition) is 3. The van der Waals surface area contributed by atoms with Gasteiger partial charge in [-0.3, -0.25) is 4.90 Å². The molecule has 1 unspecified atom stereocenters. The van der Waals surface area contributed by atoms with Crippen LogP contribution in [0, 0.1) is 0 Å². The molecule has 3 nitrogen and oxygen atoms in total. The average molecular weight is 271 g/mol. The Bertz CT molecular complexity index is 485. The van der Waals surface area contributed by atoms with E-state index in [9.17, 15) is 0 Å². The minimum Gasteiger partial charge on any atom is -0.368 e. The fourth-order valence-corrected chi connectivity index (χ4v) is 4.18. The SMILES string of the molecule is c1cc2c(c(N3CCN4CCCCC4C3)c1)CCNC2. The molecular weight excluding hydrogens is 246 g/mol. The second-order valence-electron chi connectivity index (χ2n) is 6.47. The molecule has 1 N–H and O–H groups in total. The molecule has 1 atom stereocenters. The monoisotopic (exact) mass is 271 g/mol. The molecule has 3 aliphatic heterocycles. The Morgan fingerprint density at radius 2 is 2.10 bits per heavy atom. The van der Waals surface area contributed by atoms with Gasteiger partial charge in [-0.05, 0) is 49.5 Å². The maximum atomic E-state index is 3.49. The number of rotatable bonds is 1. The van der Waals surface area contributed by atoms with Crippen LogP contribution in [0.1, 0.15) is 30.4 Å².